The van der Waals surface area contributed by atoms with Gasteiger partial charge in [0.1, 0.15) is 19.0 Å². The van der Waals surface area contributed by atoms with E-state index in [1.165, 1.54) is 12.1 Å². The number of hydrogen-bond donors (Lipinski definition) is 1. The predicted molar refractivity (Wildman–Crippen MR) is 62.6 cm³/mol. The number of nitrogens with one attached hydrogen (secondary N) is 1. The minimum absolute atomic E-state index is 0.0114. The standard InChI is InChI=1S/C13H13F4NO2/c14-9-3-1-2-8(4-9)10-5-11(10)18-12(19)6-20-7-13(15,16)17/h1-4,10-11H,5-7H2,(H,18,19). The summed E-state index contributed by atoms with van der Waals surface area (Å²) in [4.78, 5) is 11.3. The molecule has 2 atom stereocenters. The van der Waals surface area contributed by atoms with Gasteiger partial charge in [-0.2, -0.15) is 13.2 Å². The SMILES string of the molecule is O=C(COCC(F)(F)F)NC1CC1c1cccc(F)c1. The summed E-state index contributed by atoms with van der Waals surface area (Å²) in [7, 11) is 0. The molecule has 0 aliphatic heterocycles. The minimum atomic E-state index is -4.44. The van der Waals surface area contributed by atoms with Gasteiger partial charge in [-0.05, 0) is 24.1 Å². The van der Waals surface area contributed by atoms with Crippen LogP contribution in [0.3, 0.4) is 0 Å². The van der Waals surface area contributed by atoms with Crippen LogP contribution in [-0.4, -0.2) is 31.3 Å². The number of ether oxygens (including phenoxy) is 1. The van der Waals surface area contributed by atoms with Gasteiger partial charge in [-0.1, -0.05) is 12.1 Å². The normalized spacial score (nSPS) is 21.6. The smallest absolute Gasteiger partial charge is 0.362 e. The first-order valence-corrected chi connectivity index (χ1v) is 6.04. The maximum absolute atomic E-state index is 13.0. The van der Waals surface area contributed by atoms with Crippen molar-refractivity contribution in [3.05, 3.63) is 35.6 Å². The Hall–Kier alpha value is -1.63. The molecule has 0 heterocycles. The summed E-state index contributed by atoms with van der Waals surface area (Å²) in [6.07, 6.45) is -3.79. The molecule has 2 unspecified atom stereocenters. The average Bonchev–Trinajstić information content (AvgIpc) is 3.06. The molecule has 0 aromatic heterocycles. The molecule has 1 aliphatic carbocycles. The predicted octanol–water partition coefficient (Wildman–Crippen LogP) is 2.38. The number of halogens is 4. The third-order valence-corrected chi connectivity index (χ3v) is 2.91. The Labute approximate surface area is 112 Å². The molecule has 7 heteroatoms. The van der Waals surface area contributed by atoms with Gasteiger partial charge in [-0.3, -0.25) is 4.79 Å². The van der Waals surface area contributed by atoms with Gasteiger partial charge in [0.2, 0.25) is 5.91 Å². The monoisotopic (exact) mass is 291 g/mol. The molecule has 0 radical (unpaired) electrons. The molecule has 0 spiro atoms. The van der Waals surface area contributed by atoms with Crippen molar-refractivity contribution in [3.8, 4) is 0 Å². The van der Waals surface area contributed by atoms with Gasteiger partial charge in [0.15, 0.2) is 0 Å². The molecule has 1 N–H and O–H groups in total. The van der Waals surface area contributed by atoms with Crippen molar-refractivity contribution in [2.75, 3.05) is 13.2 Å². The summed E-state index contributed by atoms with van der Waals surface area (Å²) in [5.74, 6) is -0.941. The van der Waals surface area contributed by atoms with Crippen molar-refractivity contribution in [1.82, 2.24) is 5.32 Å². The molecular weight excluding hydrogens is 278 g/mol. The number of benzene rings is 1. The fourth-order valence-corrected chi connectivity index (χ4v) is 1.97. The van der Waals surface area contributed by atoms with E-state index in [9.17, 15) is 22.4 Å². The second kappa shape index (κ2) is 5.78. The zero-order valence-corrected chi connectivity index (χ0v) is 10.4. The van der Waals surface area contributed by atoms with Crippen molar-refractivity contribution in [1.29, 1.82) is 0 Å². The van der Waals surface area contributed by atoms with E-state index >= 15 is 0 Å². The Morgan fingerprint density at radius 1 is 1.40 bits per heavy atom. The van der Waals surface area contributed by atoms with Crippen LogP contribution in [0.4, 0.5) is 17.6 Å². The molecule has 1 aromatic rings. The summed E-state index contributed by atoms with van der Waals surface area (Å²) in [6, 6.07) is 5.87. The first-order chi connectivity index (χ1) is 9.35. The first kappa shape index (κ1) is 14.8. The quantitative estimate of drug-likeness (QED) is 0.846. The van der Waals surface area contributed by atoms with Crippen LogP contribution in [-0.2, 0) is 9.53 Å². The van der Waals surface area contributed by atoms with Crippen LogP contribution < -0.4 is 5.32 Å². The van der Waals surface area contributed by atoms with Gasteiger partial charge in [0.25, 0.3) is 0 Å². The highest BCUT2D eigenvalue weighted by atomic mass is 19.4. The van der Waals surface area contributed by atoms with Gasteiger partial charge < -0.3 is 10.1 Å². The maximum Gasteiger partial charge on any atom is 0.411 e. The lowest BCUT2D eigenvalue weighted by Crippen LogP contribution is -2.32. The summed E-state index contributed by atoms with van der Waals surface area (Å²) >= 11 is 0. The van der Waals surface area contributed by atoms with E-state index in [1.807, 2.05) is 0 Å². The summed E-state index contributed by atoms with van der Waals surface area (Å²) in [5, 5.41) is 2.55. The molecule has 110 valence electrons. The zero-order valence-electron chi connectivity index (χ0n) is 10.4. The second-order valence-corrected chi connectivity index (χ2v) is 4.68. The summed E-state index contributed by atoms with van der Waals surface area (Å²) in [6.45, 7) is -2.08. The second-order valence-electron chi connectivity index (χ2n) is 4.68. The third kappa shape index (κ3) is 4.48. The van der Waals surface area contributed by atoms with E-state index in [2.05, 4.69) is 10.1 Å². The highest BCUT2D eigenvalue weighted by Gasteiger charge is 2.39. The Bertz CT molecular complexity index is 490. The topological polar surface area (TPSA) is 38.3 Å². The van der Waals surface area contributed by atoms with Gasteiger partial charge >= 0.3 is 6.18 Å². The third-order valence-electron chi connectivity index (χ3n) is 2.91. The van der Waals surface area contributed by atoms with Crippen molar-refractivity contribution >= 4 is 5.91 Å². The molecule has 0 bridgehead atoms. The molecule has 1 aliphatic rings. The number of carbonyl (C=O) groups excluding carboxylic acids is 1. The Morgan fingerprint density at radius 3 is 2.80 bits per heavy atom. The highest BCUT2D eigenvalue weighted by Crippen LogP contribution is 2.40. The van der Waals surface area contributed by atoms with E-state index in [0.29, 0.717) is 6.42 Å². The number of hydrogen-bond acceptors (Lipinski definition) is 2. The molecule has 1 aromatic carbocycles. The summed E-state index contributed by atoms with van der Waals surface area (Å²) < 4.78 is 52.7. The number of carbonyl (C=O) groups is 1. The first-order valence-electron chi connectivity index (χ1n) is 6.04. The molecule has 1 saturated carbocycles. The summed E-state index contributed by atoms with van der Waals surface area (Å²) in [5.41, 5.74) is 0.770. The lowest BCUT2D eigenvalue weighted by Gasteiger charge is -2.08. The average molecular weight is 291 g/mol. The zero-order chi connectivity index (χ0) is 14.8. The van der Waals surface area contributed by atoms with Crippen molar-refractivity contribution in [2.24, 2.45) is 0 Å². The van der Waals surface area contributed by atoms with E-state index in [-0.39, 0.29) is 17.8 Å². The van der Waals surface area contributed by atoms with Crippen LogP contribution in [0.1, 0.15) is 17.9 Å². The van der Waals surface area contributed by atoms with Crippen LogP contribution in [0.25, 0.3) is 0 Å². The number of rotatable bonds is 5. The number of alkyl halides is 3. The van der Waals surface area contributed by atoms with Crippen LogP contribution in [0, 0.1) is 5.82 Å². The van der Waals surface area contributed by atoms with E-state index in [4.69, 9.17) is 0 Å². The molecule has 3 nitrogen and oxygen atoms in total. The lowest BCUT2D eigenvalue weighted by atomic mass is 10.1. The Kier molecular flexibility index (Phi) is 4.27. The fraction of sp³-hybridized carbons (Fsp3) is 0.462. The van der Waals surface area contributed by atoms with E-state index in [0.717, 1.165) is 5.56 Å². The van der Waals surface area contributed by atoms with Crippen LogP contribution in [0.5, 0.6) is 0 Å². The van der Waals surface area contributed by atoms with Crippen molar-refractivity contribution in [3.63, 3.8) is 0 Å². The van der Waals surface area contributed by atoms with Crippen LogP contribution in [0.2, 0.25) is 0 Å². The minimum Gasteiger partial charge on any atom is -0.362 e. The molecule has 2 rings (SSSR count). The Balaban J connectivity index is 1.72. The highest BCUT2D eigenvalue weighted by molar-refractivity contribution is 5.78. The molecule has 20 heavy (non-hydrogen) atoms. The maximum atomic E-state index is 13.0. The molecular formula is C13H13F4NO2. The van der Waals surface area contributed by atoms with Gasteiger partial charge in [0, 0.05) is 12.0 Å². The molecule has 1 fully saturated rings. The lowest BCUT2D eigenvalue weighted by molar-refractivity contribution is -0.175. The van der Waals surface area contributed by atoms with Gasteiger partial charge in [-0.25, -0.2) is 4.39 Å². The Morgan fingerprint density at radius 2 is 2.15 bits per heavy atom. The van der Waals surface area contributed by atoms with Gasteiger partial charge in [-0.15, -0.1) is 0 Å². The van der Waals surface area contributed by atoms with Crippen LogP contribution >= 0.6 is 0 Å². The van der Waals surface area contributed by atoms with Crippen molar-refractivity contribution in [2.45, 2.75) is 24.6 Å². The fourth-order valence-electron chi connectivity index (χ4n) is 1.97. The van der Waals surface area contributed by atoms with Gasteiger partial charge in [0.05, 0.1) is 0 Å². The van der Waals surface area contributed by atoms with Crippen LogP contribution in [0.15, 0.2) is 24.3 Å². The van der Waals surface area contributed by atoms with Crippen molar-refractivity contribution < 1.29 is 27.1 Å². The number of amides is 1. The van der Waals surface area contributed by atoms with E-state index < -0.39 is 25.3 Å². The largest absolute Gasteiger partial charge is 0.411 e. The molecule has 1 amide bonds. The molecule has 0 saturated heterocycles. The van der Waals surface area contributed by atoms with E-state index in [1.54, 1.807) is 12.1 Å².